The van der Waals surface area contributed by atoms with Gasteiger partial charge in [-0.05, 0) is 36.8 Å². The predicted molar refractivity (Wildman–Crippen MR) is 65.9 cm³/mol. The van der Waals surface area contributed by atoms with E-state index in [1.54, 1.807) is 18.2 Å². The average Bonchev–Trinajstić information content (AvgIpc) is 2.39. The number of pyridine rings is 1. The number of hydrogen-bond donors (Lipinski definition) is 1. The predicted octanol–water partition coefficient (Wildman–Crippen LogP) is 2.70. The highest BCUT2D eigenvalue weighted by molar-refractivity contribution is 5.33. The minimum atomic E-state index is -0.883. The van der Waals surface area contributed by atoms with E-state index in [-0.39, 0.29) is 0 Å². The van der Waals surface area contributed by atoms with E-state index in [0.717, 1.165) is 6.20 Å². The fourth-order valence-corrected chi connectivity index (χ4v) is 1.66. The lowest BCUT2D eigenvalue weighted by molar-refractivity contribution is 0.214. The molecule has 3 nitrogen and oxygen atoms in total. The second-order valence-electron chi connectivity index (χ2n) is 3.81. The first kappa shape index (κ1) is 12.5. The van der Waals surface area contributed by atoms with Crippen molar-refractivity contribution in [2.75, 3.05) is 6.61 Å². The molecule has 0 radical (unpaired) electrons. The summed E-state index contributed by atoms with van der Waals surface area (Å²) in [5.41, 5.74) is 1.07. The highest BCUT2D eigenvalue weighted by Gasteiger charge is 2.12. The number of rotatable bonds is 4. The zero-order chi connectivity index (χ0) is 13.0. The summed E-state index contributed by atoms with van der Waals surface area (Å²) < 4.78 is 18.1. The van der Waals surface area contributed by atoms with Gasteiger partial charge in [0.2, 0.25) is 0 Å². The summed E-state index contributed by atoms with van der Waals surface area (Å²) >= 11 is 0. The monoisotopic (exact) mass is 247 g/mol. The van der Waals surface area contributed by atoms with Gasteiger partial charge in [-0.25, -0.2) is 4.39 Å². The number of aliphatic hydroxyl groups excluding tert-OH is 1. The van der Waals surface area contributed by atoms with Crippen molar-refractivity contribution >= 4 is 0 Å². The van der Waals surface area contributed by atoms with Crippen LogP contribution < -0.4 is 4.74 Å². The molecule has 1 heterocycles. The third-order valence-electron chi connectivity index (χ3n) is 2.52. The maximum Gasteiger partial charge on any atom is 0.141 e. The van der Waals surface area contributed by atoms with Gasteiger partial charge in [0.05, 0.1) is 18.5 Å². The van der Waals surface area contributed by atoms with Crippen molar-refractivity contribution in [1.29, 1.82) is 0 Å². The van der Waals surface area contributed by atoms with Crippen molar-refractivity contribution in [3.63, 3.8) is 0 Å². The smallest absolute Gasteiger partial charge is 0.141 e. The number of aliphatic hydroxyl groups is 1. The zero-order valence-electron chi connectivity index (χ0n) is 10.0. The molecule has 1 N–H and O–H groups in total. The van der Waals surface area contributed by atoms with Gasteiger partial charge < -0.3 is 9.84 Å². The first-order valence-electron chi connectivity index (χ1n) is 5.73. The van der Waals surface area contributed by atoms with Gasteiger partial charge in [-0.2, -0.15) is 0 Å². The third-order valence-corrected chi connectivity index (χ3v) is 2.52. The second-order valence-corrected chi connectivity index (χ2v) is 3.81. The topological polar surface area (TPSA) is 42.4 Å². The Morgan fingerprint density at radius 2 is 2.17 bits per heavy atom. The van der Waals surface area contributed by atoms with Crippen LogP contribution in [-0.2, 0) is 0 Å². The molecule has 1 atom stereocenters. The number of benzene rings is 1. The summed E-state index contributed by atoms with van der Waals surface area (Å²) in [6.45, 7) is 2.46. The highest BCUT2D eigenvalue weighted by Crippen LogP contribution is 2.23. The van der Waals surface area contributed by atoms with Gasteiger partial charge in [-0.1, -0.05) is 12.1 Å². The molecule has 0 saturated carbocycles. The third kappa shape index (κ3) is 2.84. The molecule has 0 aliphatic rings. The number of ether oxygens (including phenoxy) is 1. The summed E-state index contributed by atoms with van der Waals surface area (Å²) in [5.74, 6) is 0.269. The number of hydrogen-bond acceptors (Lipinski definition) is 3. The van der Waals surface area contributed by atoms with Gasteiger partial charge in [-0.3, -0.25) is 4.98 Å². The molecule has 0 aliphatic carbocycles. The van der Waals surface area contributed by atoms with Gasteiger partial charge in [-0.15, -0.1) is 0 Å². The van der Waals surface area contributed by atoms with Crippen molar-refractivity contribution < 1.29 is 14.2 Å². The van der Waals surface area contributed by atoms with E-state index in [0.29, 0.717) is 23.6 Å². The summed E-state index contributed by atoms with van der Waals surface area (Å²) in [5, 5.41) is 10.1. The van der Waals surface area contributed by atoms with E-state index in [1.807, 2.05) is 13.0 Å². The lowest BCUT2D eigenvalue weighted by atomic mass is 10.1. The largest absolute Gasteiger partial charge is 0.494 e. The number of aromatic nitrogens is 1. The van der Waals surface area contributed by atoms with Crippen LogP contribution in [0, 0.1) is 5.82 Å². The Kier molecular flexibility index (Phi) is 3.89. The fourth-order valence-electron chi connectivity index (χ4n) is 1.66. The van der Waals surface area contributed by atoms with Crippen LogP contribution >= 0.6 is 0 Å². The molecular weight excluding hydrogens is 233 g/mol. The Morgan fingerprint density at radius 3 is 2.83 bits per heavy atom. The molecule has 4 heteroatoms. The Balaban J connectivity index is 2.24. The van der Waals surface area contributed by atoms with Crippen LogP contribution in [0.25, 0.3) is 0 Å². The van der Waals surface area contributed by atoms with Crippen LogP contribution in [-0.4, -0.2) is 16.7 Å². The fraction of sp³-hybridized carbons (Fsp3) is 0.214. The molecule has 0 bridgehead atoms. The van der Waals surface area contributed by atoms with Crippen LogP contribution in [0.1, 0.15) is 24.3 Å². The quantitative estimate of drug-likeness (QED) is 0.903. The van der Waals surface area contributed by atoms with Crippen LogP contribution in [0.3, 0.4) is 0 Å². The molecule has 0 saturated heterocycles. The second kappa shape index (κ2) is 5.60. The SMILES string of the molecule is CCOc1cccc(C(O)c2ccc(F)cn2)c1. The standard InChI is InChI=1S/C14H14FNO2/c1-2-18-12-5-3-4-10(8-12)14(17)13-7-6-11(15)9-16-13/h3-9,14,17H,2H2,1H3. The van der Waals surface area contributed by atoms with Gasteiger partial charge >= 0.3 is 0 Å². The maximum atomic E-state index is 12.8. The van der Waals surface area contributed by atoms with Crippen molar-refractivity contribution in [2.24, 2.45) is 0 Å². The normalized spacial score (nSPS) is 12.2. The molecule has 1 aromatic heterocycles. The average molecular weight is 247 g/mol. The summed E-state index contributed by atoms with van der Waals surface area (Å²) in [6, 6.07) is 9.88. The number of halogens is 1. The minimum Gasteiger partial charge on any atom is -0.494 e. The maximum absolute atomic E-state index is 12.8. The van der Waals surface area contributed by atoms with E-state index < -0.39 is 11.9 Å². The molecule has 18 heavy (non-hydrogen) atoms. The Hall–Kier alpha value is -1.94. The molecule has 2 aromatic rings. The lowest BCUT2D eigenvalue weighted by Gasteiger charge is -2.12. The van der Waals surface area contributed by atoms with E-state index in [4.69, 9.17) is 4.74 Å². The van der Waals surface area contributed by atoms with E-state index >= 15 is 0 Å². The lowest BCUT2D eigenvalue weighted by Crippen LogP contribution is -2.03. The highest BCUT2D eigenvalue weighted by atomic mass is 19.1. The summed E-state index contributed by atoms with van der Waals surface area (Å²) in [6.07, 6.45) is 0.205. The van der Waals surface area contributed by atoms with Gasteiger partial charge in [0.15, 0.2) is 0 Å². The molecule has 0 spiro atoms. The van der Waals surface area contributed by atoms with E-state index in [1.165, 1.54) is 12.1 Å². The molecule has 2 rings (SSSR count). The van der Waals surface area contributed by atoms with Gasteiger partial charge in [0.1, 0.15) is 17.7 Å². The Bertz CT molecular complexity index is 513. The van der Waals surface area contributed by atoms with Crippen LogP contribution in [0.15, 0.2) is 42.6 Å². The Labute approximate surface area is 105 Å². The number of nitrogens with zero attached hydrogens (tertiary/aromatic N) is 1. The molecule has 1 aromatic carbocycles. The van der Waals surface area contributed by atoms with Crippen LogP contribution in [0.4, 0.5) is 4.39 Å². The minimum absolute atomic E-state index is 0.407. The summed E-state index contributed by atoms with van der Waals surface area (Å²) in [4.78, 5) is 3.86. The zero-order valence-corrected chi connectivity index (χ0v) is 10.0. The summed E-state index contributed by atoms with van der Waals surface area (Å²) in [7, 11) is 0. The van der Waals surface area contributed by atoms with Gasteiger partial charge in [0, 0.05) is 0 Å². The van der Waals surface area contributed by atoms with Crippen molar-refractivity contribution in [3.05, 3.63) is 59.7 Å². The first-order chi connectivity index (χ1) is 8.70. The van der Waals surface area contributed by atoms with Crippen molar-refractivity contribution in [2.45, 2.75) is 13.0 Å². The Morgan fingerprint density at radius 1 is 1.33 bits per heavy atom. The molecular formula is C14H14FNO2. The van der Waals surface area contributed by atoms with E-state index in [2.05, 4.69) is 4.98 Å². The van der Waals surface area contributed by atoms with Crippen molar-refractivity contribution in [3.8, 4) is 5.75 Å². The molecule has 0 fully saturated rings. The van der Waals surface area contributed by atoms with Gasteiger partial charge in [0.25, 0.3) is 0 Å². The van der Waals surface area contributed by atoms with Crippen molar-refractivity contribution in [1.82, 2.24) is 4.98 Å². The van der Waals surface area contributed by atoms with Crippen LogP contribution in [0.5, 0.6) is 5.75 Å². The molecule has 94 valence electrons. The molecule has 0 aliphatic heterocycles. The van der Waals surface area contributed by atoms with E-state index in [9.17, 15) is 9.50 Å². The molecule has 1 unspecified atom stereocenters. The van der Waals surface area contributed by atoms with Crippen LogP contribution in [0.2, 0.25) is 0 Å². The molecule has 0 amide bonds. The first-order valence-corrected chi connectivity index (χ1v) is 5.73.